The van der Waals surface area contributed by atoms with Crippen LogP contribution in [-0.4, -0.2) is 29.7 Å². The third-order valence-electron chi connectivity index (χ3n) is 3.30. The van der Waals surface area contributed by atoms with Crippen LogP contribution in [0.4, 0.5) is 5.95 Å². The molecule has 1 aliphatic rings. The second-order valence-corrected chi connectivity index (χ2v) is 4.83. The molecule has 0 saturated heterocycles. The van der Waals surface area contributed by atoms with E-state index in [0.717, 1.165) is 29.2 Å². The van der Waals surface area contributed by atoms with Gasteiger partial charge in [-0.2, -0.15) is 0 Å². The smallest absolute Gasteiger partial charge is 0.223 e. The van der Waals surface area contributed by atoms with Crippen LogP contribution in [0.2, 0.25) is 0 Å². The minimum atomic E-state index is 0.163. The number of benzene rings is 1. The first-order chi connectivity index (χ1) is 9.76. The lowest BCUT2D eigenvalue weighted by Gasteiger charge is -2.27. The summed E-state index contributed by atoms with van der Waals surface area (Å²) in [5, 5.41) is 3.31. The molecule has 0 spiro atoms. The standard InChI is InChI=1S/C15H17N3O2/c1-10-6-7-16-15(17-10)18-12-8-11-4-3-5-13(19-2)14(11)20-9-12/h3-7,12H,8-9H2,1-2H3,(H,16,17,18)/t12-/m0/s1. The van der Waals surface area contributed by atoms with Crippen molar-refractivity contribution in [3.05, 3.63) is 41.7 Å². The molecule has 20 heavy (non-hydrogen) atoms. The lowest BCUT2D eigenvalue weighted by atomic mass is 10.0. The molecule has 0 saturated carbocycles. The highest BCUT2D eigenvalue weighted by Crippen LogP contribution is 2.34. The molecule has 1 aromatic heterocycles. The van der Waals surface area contributed by atoms with Crippen molar-refractivity contribution in [1.82, 2.24) is 9.97 Å². The summed E-state index contributed by atoms with van der Waals surface area (Å²) in [5.74, 6) is 2.27. The molecule has 1 atom stereocenters. The van der Waals surface area contributed by atoms with Gasteiger partial charge in [-0.05, 0) is 25.5 Å². The van der Waals surface area contributed by atoms with Gasteiger partial charge in [-0.25, -0.2) is 9.97 Å². The Bertz CT molecular complexity index is 616. The fourth-order valence-electron chi connectivity index (χ4n) is 2.35. The third-order valence-corrected chi connectivity index (χ3v) is 3.30. The van der Waals surface area contributed by atoms with Gasteiger partial charge in [-0.15, -0.1) is 0 Å². The Labute approximate surface area is 118 Å². The summed E-state index contributed by atoms with van der Waals surface area (Å²) in [6.07, 6.45) is 2.62. The minimum Gasteiger partial charge on any atom is -0.493 e. The quantitative estimate of drug-likeness (QED) is 0.927. The highest BCUT2D eigenvalue weighted by atomic mass is 16.5. The molecule has 0 aliphatic carbocycles. The number of hydrogen-bond donors (Lipinski definition) is 1. The number of nitrogens with one attached hydrogen (secondary N) is 1. The van der Waals surface area contributed by atoms with E-state index >= 15 is 0 Å². The maximum atomic E-state index is 5.82. The van der Waals surface area contributed by atoms with Crippen LogP contribution in [-0.2, 0) is 6.42 Å². The normalized spacial score (nSPS) is 17.0. The van der Waals surface area contributed by atoms with Crippen LogP contribution in [0.15, 0.2) is 30.5 Å². The molecule has 1 aromatic carbocycles. The predicted octanol–water partition coefficient (Wildman–Crippen LogP) is 2.21. The molecule has 0 amide bonds. The van der Waals surface area contributed by atoms with E-state index < -0.39 is 0 Å². The van der Waals surface area contributed by atoms with Gasteiger partial charge in [0, 0.05) is 17.5 Å². The van der Waals surface area contributed by atoms with Gasteiger partial charge in [0.05, 0.1) is 13.2 Å². The maximum Gasteiger partial charge on any atom is 0.223 e. The molecule has 3 rings (SSSR count). The van der Waals surface area contributed by atoms with E-state index in [1.54, 1.807) is 13.3 Å². The van der Waals surface area contributed by atoms with Crippen LogP contribution >= 0.6 is 0 Å². The minimum absolute atomic E-state index is 0.163. The average molecular weight is 271 g/mol. The number of ether oxygens (including phenoxy) is 2. The molecule has 0 unspecified atom stereocenters. The first-order valence-electron chi connectivity index (χ1n) is 6.61. The van der Waals surface area contributed by atoms with E-state index in [1.165, 1.54) is 0 Å². The van der Waals surface area contributed by atoms with Crippen LogP contribution in [0.3, 0.4) is 0 Å². The second kappa shape index (κ2) is 5.36. The number of aromatic nitrogens is 2. The monoisotopic (exact) mass is 271 g/mol. The zero-order chi connectivity index (χ0) is 13.9. The first kappa shape index (κ1) is 12.7. The molecular formula is C15H17N3O2. The van der Waals surface area contributed by atoms with Crippen molar-refractivity contribution in [2.75, 3.05) is 19.0 Å². The number of rotatable bonds is 3. The first-order valence-corrected chi connectivity index (χ1v) is 6.61. The molecule has 0 fully saturated rings. The van der Waals surface area contributed by atoms with Crippen LogP contribution in [0, 0.1) is 6.92 Å². The van der Waals surface area contributed by atoms with Crippen molar-refractivity contribution >= 4 is 5.95 Å². The number of nitrogens with zero attached hydrogens (tertiary/aromatic N) is 2. The molecule has 1 N–H and O–H groups in total. The molecule has 2 heterocycles. The van der Waals surface area contributed by atoms with Gasteiger partial charge in [0.15, 0.2) is 11.5 Å². The fraction of sp³-hybridized carbons (Fsp3) is 0.333. The number of methoxy groups -OCH3 is 1. The predicted molar refractivity (Wildman–Crippen MR) is 76.4 cm³/mol. The van der Waals surface area contributed by atoms with Crippen molar-refractivity contribution in [2.24, 2.45) is 0 Å². The Hall–Kier alpha value is -2.30. The molecule has 5 nitrogen and oxygen atoms in total. The van der Waals surface area contributed by atoms with E-state index in [2.05, 4.69) is 21.4 Å². The summed E-state index contributed by atoms with van der Waals surface area (Å²) in [4.78, 5) is 8.58. The van der Waals surface area contributed by atoms with Crippen LogP contribution in [0.1, 0.15) is 11.3 Å². The van der Waals surface area contributed by atoms with Crippen LogP contribution < -0.4 is 14.8 Å². The van der Waals surface area contributed by atoms with Crippen molar-refractivity contribution in [3.8, 4) is 11.5 Å². The van der Waals surface area contributed by atoms with Crippen molar-refractivity contribution < 1.29 is 9.47 Å². The maximum absolute atomic E-state index is 5.82. The molecule has 5 heteroatoms. The van der Waals surface area contributed by atoms with Gasteiger partial charge in [0.25, 0.3) is 0 Å². The Balaban J connectivity index is 1.76. The SMILES string of the molecule is COc1cccc2c1OC[C@@H](Nc1nccc(C)n1)C2. The Morgan fingerprint density at radius 3 is 3.05 bits per heavy atom. The van der Waals surface area contributed by atoms with Crippen LogP contribution in [0.25, 0.3) is 0 Å². The topological polar surface area (TPSA) is 56.3 Å². The van der Waals surface area contributed by atoms with E-state index in [0.29, 0.717) is 12.6 Å². The Morgan fingerprint density at radius 2 is 2.25 bits per heavy atom. The zero-order valence-corrected chi connectivity index (χ0v) is 11.6. The number of fused-ring (bicyclic) bond motifs is 1. The summed E-state index contributed by atoms with van der Waals surface area (Å²) < 4.78 is 11.1. The average Bonchev–Trinajstić information content (AvgIpc) is 2.46. The highest BCUT2D eigenvalue weighted by Gasteiger charge is 2.23. The van der Waals surface area contributed by atoms with E-state index in [1.807, 2.05) is 25.1 Å². The van der Waals surface area contributed by atoms with E-state index in [4.69, 9.17) is 9.47 Å². The van der Waals surface area contributed by atoms with Crippen molar-refractivity contribution in [1.29, 1.82) is 0 Å². The molecule has 104 valence electrons. The van der Waals surface area contributed by atoms with Gasteiger partial charge in [0.1, 0.15) is 6.61 Å². The number of hydrogen-bond acceptors (Lipinski definition) is 5. The number of anilines is 1. The summed E-state index contributed by atoms with van der Waals surface area (Å²) >= 11 is 0. The summed E-state index contributed by atoms with van der Waals surface area (Å²) in [6.45, 7) is 2.52. The third kappa shape index (κ3) is 2.52. The lowest BCUT2D eigenvalue weighted by molar-refractivity contribution is 0.256. The summed E-state index contributed by atoms with van der Waals surface area (Å²) in [6, 6.07) is 7.99. The summed E-state index contributed by atoms with van der Waals surface area (Å²) in [7, 11) is 1.66. The second-order valence-electron chi connectivity index (χ2n) is 4.83. The highest BCUT2D eigenvalue weighted by molar-refractivity contribution is 5.48. The Morgan fingerprint density at radius 1 is 1.35 bits per heavy atom. The summed E-state index contributed by atoms with van der Waals surface area (Å²) in [5.41, 5.74) is 2.09. The van der Waals surface area contributed by atoms with Gasteiger partial charge in [0.2, 0.25) is 5.95 Å². The van der Waals surface area contributed by atoms with E-state index in [-0.39, 0.29) is 6.04 Å². The number of para-hydroxylation sites is 1. The zero-order valence-electron chi connectivity index (χ0n) is 11.6. The Kier molecular flexibility index (Phi) is 3.41. The number of aryl methyl sites for hydroxylation is 1. The molecule has 1 aliphatic heterocycles. The van der Waals surface area contributed by atoms with Gasteiger partial charge in [-0.1, -0.05) is 12.1 Å². The van der Waals surface area contributed by atoms with Gasteiger partial charge >= 0.3 is 0 Å². The van der Waals surface area contributed by atoms with Gasteiger partial charge < -0.3 is 14.8 Å². The lowest BCUT2D eigenvalue weighted by Crippen LogP contribution is -2.33. The molecular weight excluding hydrogens is 254 g/mol. The largest absolute Gasteiger partial charge is 0.493 e. The van der Waals surface area contributed by atoms with Crippen molar-refractivity contribution in [2.45, 2.75) is 19.4 Å². The van der Waals surface area contributed by atoms with Gasteiger partial charge in [-0.3, -0.25) is 0 Å². The van der Waals surface area contributed by atoms with Crippen LogP contribution in [0.5, 0.6) is 11.5 Å². The molecule has 0 bridgehead atoms. The molecule has 2 aromatic rings. The molecule has 0 radical (unpaired) electrons. The van der Waals surface area contributed by atoms with E-state index in [9.17, 15) is 0 Å². The van der Waals surface area contributed by atoms with Crippen molar-refractivity contribution in [3.63, 3.8) is 0 Å². The fourth-order valence-corrected chi connectivity index (χ4v) is 2.35.